The fourth-order valence-electron chi connectivity index (χ4n) is 1.64. The summed E-state index contributed by atoms with van der Waals surface area (Å²) in [7, 11) is 0. The summed E-state index contributed by atoms with van der Waals surface area (Å²) in [5.41, 5.74) is 0.708. The van der Waals surface area contributed by atoms with Gasteiger partial charge in [-0.15, -0.1) is 0 Å². The van der Waals surface area contributed by atoms with Crippen LogP contribution in [0.2, 0.25) is 5.02 Å². The molecule has 0 spiro atoms. The zero-order valence-electron chi connectivity index (χ0n) is 9.87. The van der Waals surface area contributed by atoms with Gasteiger partial charge in [0.1, 0.15) is 0 Å². The van der Waals surface area contributed by atoms with Crippen molar-refractivity contribution in [3.05, 3.63) is 46.2 Å². The van der Waals surface area contributed by atoms with Crippen molar-refractivity contribution < 1.29 is 18.3 Å². The lowest BCUT2D eigenvalue weighted by atomic mass is 10.2. The molecule has 0 aliphatic rings. The molecule has 1 heterocycles. The van der Waals surface area contributed by atoms with E-state index in [1.807, 2.05) is 0 Å². The van der Waals surface area contributed by atoms with Gasteiger partial charge in [0.05, 0.1) is 28.6 Å². The Labute approximate surface area is 112 Å². The fraction of sp³-hybridized carbons (Fsp3) is 0.250. The molecule has 0 saturated heterocycles. The number of aliphatic hydroxyl groups is 1. The summed E-state index contributed by atoms with van der Waals surface area (Å²) in [6, 6.07) is 3.04. The lowest BCUT2D eigenvalue weighted by Gasteiger charge is -2.09. The third kappa shape index (κ3) is 2.74. The summed E-state index contributed by atoms with van der Waals surface area (Å²) in [4.78, 5) is 0. The van der Waals surface area contributed by atoms with E-state index in [0.717, 1.165) is 12.1 Å². The van der Waals surface area contributed by atoms with Gasteiger partial charge in [0, 0.05) is 11.8 Å². The summed E-state index contributed by atoms with van der Waals surface area (Å²) < 4.78 is 38.9. The molecule has 1 aromatic heterocycles. The zero-order valence-corrected chi connectivity index (χ0v) is 10.6. The molecular weight excluding hydrogens is 281 g/mol. The van der Waals surface area contributed by atoms with Gasteiger partial charge in [0.2, 0.25) is 0 Å². The van der Waals surface area contributed by atoms with Crippen LogP contribution >= 0.6 is 11.6 Å². The monoisotopic (exact) mass is 290 g/mol. The van der Waals surface area contributed by atoms with Crippen molar-refractivity contribution in [3.8, 4) is 5.69 Å². The number of aromatic nitrogens is 2. The Morgan fingerprint density at radius 2 is 2.05 bits per heavy atom. The molecule has 2 rings (SSSR count). The molecule has 19 heavy (non-hydrogen) atoms. The van der Waals surface area contributed by atoms with Crippen LogP contribution in [0.4, 0.5) is 13.2 Å². The SMILES string of the molecule is Cc1nn(-c2ccc(C(F)(F)F)cc2Cl)cc1CO. The van der Waals surface area contributed by atoms with Gasteiger partial charge in [0.15, 0.2) is 0 Å². The number of aryl methyl sites for hydroxylation is 1. The van der Waals surface area contributed by atoms with Crippen LogP contribution in [0.5, 0.6) is 0 Å². The first-order chi connectivity index (χ1) is 8.82. The summed E-state index contributed by atoms with van der Waals surface area (Å²) in [6.07, 6.45) is -2.90. The Hall–Kier alpha value is -1.53. The average molecular weight is 291 g/mol. The normalized spacial score (nSPS) is 11.9. The summed E-state index contributed by atoms with van der Waals surface area (Å²) in [5, 5.41) is 13.1. The number of hydrogen-bond acceptors (Lipinski definition) is 2. The first-order valence-electron chi connectivity index (χ1n) is 5.36. The molecule has 0 amide bonds. The molecule has 0 fully saturated rings. The number of nitrogens with zero attached hydrogens (tertiary/aromatic N) is 2. The summed E-state index contributed by atoms with van der Waals surface area (Å²) >= 11 is 5.85. The molecule has 2 aromatic rings. The van der Waals surface area contributed by atoms with Crippen molar-refractivity contribution in [3.63, 3.8) is 0 Å². The summed E-state index contributed by atoms with van der Waals surface area (Å²) in [5.74, 6) is 0. The van der Waals surface area contributed by atoms with Crippen molar-refractivity contribution in [1.82, 2.24) is 9.78 Å². The van der Waals surface area contributed by atoms with Gasteiger partial charge in [0.25, 0.3) is 0 Å². The van der Waals surface area contributed by atoms with Crippen LogP contribution in [0.1, 0.15) is 16.8 Å². The standard InChI is InChI=1S/C12H10ClF3N2O/c1-7-8(6-19)5-18(17-7)11-3-2-9(4-10(11)13)12(14,15)16/h2-5,19H,6H2,1H3. The molecular formula is C12H10ClF3N2O. The molecule has 1 N–H and O–H groups in total. The molecule has 0 aliphatic carbocycles. The highest BCUT2D eigenvalue weighted by Crippen LogP contribution is 2.33. The molecule has 7 heteroatoms. The van der Waals surface area contributed by atoms with E-state index in [1.54, 1.807) is 6.92 Å². The maximum atomic E-state index is 12.5. The van der Waals surface area contributed by atoms with E-state index in [1.165, 1.54) is 16.9 Å². The van der Waals surface area contributed by atoms with E-state index in [-0.39, 0.29) is 11.6 Å². The Kier molecular flexibility index (Phi) is 3.56. The minimum atomic E-state index is -4.43. The molecule has 102 valence electrons. The van der Waals surface area contributed by atoms with Crippen molar-refractivity contribution in [2.24, 2.45) is 0 Å². The van der Waals surface area contributed by atoms with Crippen molar-refractivity contribution >= 4 is 11.6 Å². The smallest absolute Gasteiger partial charge is 0.392 e. The van der Waals surface area contributed by atoms with Crippen LogP contribution in [-0.2, 0) is 12.8 Å². The van der Waals surface area contributed by atoms with E-state index in [4.69, 9.17) is 16.7 Å². The fourth-order valence-corrected chi connectivity index (χ4v) is 1.91. The molecule has 0 aliphatic heterocycles. The molecule has 3 nitrogen and oxygen atoms in total. The predicted molar refractivity (Wildman–Crippen MR) is 64.2 cm³/mol. The summed E-state index contributed by atoms with van der Waals surface area (Å²) in [6.45, 7) is 1.50. The van der Waals surface area contributed by atoms with Gasteiger partial charge >= 0.3 is 6.18 Å². The second-order valence-corrected chi connectivity index (χ2v) is 4.41. The Morgan fingerprint density at radius 1 is 1.37 bits per heavy atom. The van der Waals surface area contributed by atoms with Crippen molar-refractivity contribution in [2.75, 3.05) is 0 Å². The molecule has 0 saturated carbocycles. The van der Waals surface area contributed by atoms with E-state index >= 15 is 0 Å². The van der Waals surface area contributed by atoms with Crippen LogP contribution in [-0.4, -0.2) is 14.9 Å². The van der Waals surface area contributed by atoms with Crippen LogP contribution in [0.3, 0.4) is 0 Å². The second-order valence-electron chi connectivity index (χ2n) is 4.01. The van der Waals surface area contributed by atoms with E-state index in [0.29, 0.717) is 16.9 Å². The number of alkyl halides is 3. The lowest BCUT2D eigenvalue weighted by molar-refractivity contribution is -0.137. The van der Waals surface area contributed by atoms with E-state index in [9.17, 15) is 13.2 Å². The van der Waals surface area contributed by atoms with Gasteiger partial charge in [-0.05, 0) is 25.1 Å². The number of aliphatic hydroxyl groups excluding tert-OH is 1. The third-order valence-electron chi connectivity index (χ3n) is 2.69. The Balaban J connectivity index is 2.46. The lowest BCUT2D eigenvalue weighted by Crippen LogP contribution is -2.06. The first-order valence-corrected chi connectivity index (χ1v) is 5.74. The average Bonchev–Trinajstić information content (AvgIpc) is 2.69. The third-order valence-corrected chi connectivity index (χ3v) is 3.00. The second kappa shape index (κ2) is 4.86. The molecule has 0 radical (unpaired) electrons. The van der Waals surface area contributed by atoms with Gasteiger partial charge in [-0.2, -0.15) is 18.3 Å². The molecule has 0 atom stereocenters. The molecule has 0 bridgehead atoms. The number of benzene rings is 1. The number of rotatable bonds is 2. The highest BCUT2D eigenvalue weighted by Gasteiger charge is 2.31. The zero-order chi connectivity index (χ0) is 14.2. The van der Waals surface area contributed by atoms with Crippen molar-refractivity contribution in [2.45, 2.75) is 19.7 Å². The highest BCUT2D eigenvalue weighted by atomic mass is 35.5. The van der Waals surface area contributed by atoms with Crippen LogP contribution in [0.15, 0.2) is 24.4 Å². The topological polar surface area (TPSA) is 38.0 Å². The maximum absolute atomic E-state index is 12.5. The van der Waals surface area contributed by atoms with Gasteiger partial charge in [-0.25, -0.2) is 4.68 Å². The minimum Gasteiger partial charge on any atom is -0.392 e. The van der Waals surface area contributed by atoms with E-state index in [2.05, 4.69) is 5.10 Å². The predicted octanol–water partition coefficient (Wildman–Crippen LogP) is 3.35. The Morgan fingerprint density at radius 3 is 2.53 bits per heavy atom. The molecule has 1 aromatic carbocycles. The number of hydrogen-bond donors (Lipinski definition) is 1. The minimum absolute atomic E-state index is 0.0539. The quantitative estimate of drug-likeness (QED) is 0.921. The number of halogens is 4. The highest BCUT2D eigenvalue weighted by molar-refractivity contribution is 6.32. The molecule has 0 unspecified atom stereocenters. The van der Waals surface area contributed by atoms with Crippen LogP contribution in [0, 0.1) is 6.92 Å². The largest absolute Gasteiger partial charge is 0.416 e. The van der Waals surface area contributed by atoms with Crippen LogP contribution in [0.25, 0.3) is 5.69 Å². The van der Waals surface area contributed by atoms with Gasteiger partial charge in [-0.3, -0.25) is 0 Å². The van der Waals surface area contributed by atoms with Gasteiger partial charge in [-0.1, -0.05) is 11.6 Å². The maximum Gasteiger partial charge on any atom is 0.416 e. The first kappa shape index (κ1) is 13.9. The van der Waals surface area contributed by atoms with E-state index < -0.39 is 11.7 Å². The van der Waals surface area contributed by atoms with Crippen LogP contribution < -0.4 is 0 Å². The van der Waals surface area contributed by atoms with Crippen molar-refractivity contribution in [1.29, 1.82) is 0 Å². The van der Waals surface area contributed by atoms with Gasteiger partial charge < -0.3 is 5.11 Å². The Bertz CT molecular complexity index is 608.